The van der Waals surface area contributed by atoms with E-state index in [1.54, 1.807) is 0 Å². The molecule has 0 saturated carbocycles. The van der Waals surface area contributed by atoms with Crippen LogP contribution in [0.4, 0.5) is 0 Å². The van der Waals surface area contributed by atoms with Gasteiger partial charge in [-0.2, -0.15) is 0 Å². The van der Waals surface area contributed by atoms with Gasteiger partial charge in [-0.3, -0.25) is 0 Å². The smallest absolute Gasteiger partial charge is 0.181 e. The Morgan fingerprint density at radius 3 is 2.57 bits per heavy atom. The summed E-state index contributed by atoms with van der Waals surface area (Å²) >= 11 is 0. The third-order valence-corrected chi connectivity index (χ3v) is 2.15. The first kappa shape index (κ1) is 9.12. The average Bonchev–Trinajstić information content (AvgIpc) is 2.45. The molecule has 14 heavy (non-hydrogen) atoms. The summed E-state index contributed by atoms with van der Waals surface area (Å²) in [7, 11) is 0. The third kappa shape index (κ3) is 1.36. The number of fused-ring (bicyclic) bond motifs is 1. The molecule has 0 atom stereocenters. The largest absolute Gasteiger partial charge is 0.323 e. The van der Waals surface area contributed by atoms with Crippen molar-refractivity contribution < 1.29 is 0 Å². The zero-order chi connectivity index (χ0) is 10.3. The van der Waals surface area contributed by atoms with Crippen molar-refractivity contribution in [1.82, 2.24) is 19.5 Å². The van der Waals surface area contributed by atoms with E-state index in [1.165, 1.54) is 0 Å². The van der Waals surface area contributed by atoms with Gasteiger partial charge in [-0.1, -0.05) is 0 Å². The quantitative estimate of drug-likeness (QED) is 0.637. The fraction of sp³-hybridized carbons (Fsp3) is 0.500. The van der Waals surface area contributed by atoms with Crippen molar-refractivity contribution in [1.29, 1.82) is 0 Å². The molecule has 0 aliphatic heterocycles. The summed E-state index contributed by atoms with van der Waals surface area (Å²) in [5, 5.41) is 0. The van der Waals surface area contributed by atoms with E-state index in [-0.39, 0.29) is 5.54 Å². The van der Waals surface area contributed by atoms with E-state index in [0.29, 0.717) is 0 Å². The van der Waals surface area contributed by atoms with E-state index in [4.69, 9.17) is 0 Å². The first-order chi connectivity index (χ1) is 6.48. The van der Waals surface area contributed by atoms with Crippen LogP contribution in [-0.2, 0) is 5.54 Å². The number of hydrogen-bond donors (Lipinski definition) is 0. The minimum Gasteiger partial charge on any atom is -0.323 e. The van der Waals surface area contributed by atoms with E-state index in [9.17, 15) is 0 Å². The molecule has 4 nitrogen and oxygen atoms in total. The van der Waals surface area contributed by atoms with Crippen molar-refractivity contribution in [2.75, 3.05) is 0 Å². The van der Waals surface area contributed by atoms with E-state index >= 15 is 0 Å². The Balaban J connectivity index is 2.70. The summed E-state index contributed by atoms with van der Waals surface area (Å²) in [5.41, 5.74) is 1.78. The van der Waals surface area contributed by atoms with Crippen molar-refractivity contribution in [3.05, 3.63) is 18.3 Å². The highest BCUT2D eigenvalue weighted by molar-refractivity contribution is 5.69. The van der Waals surface area contributed by atoms with Gasteiger partial charge in [0.05, 0.1) is 12.5 Å². The number of nitrogens with zero attached hydrogens (tertiary/aromatic N) is 4. The molecule has 0 aliphatic rings. The molecule has 0 fully saturated rings. The van der Waals surface area contributed by atoms with Crippen LogP contribution in [0.15, 0.2) is 12.5 Å². The fourth-order valence-electron chi connectivity index (χ4n) is 1.43. The minimum absolute atomic E-state index is 0.0212. The molecule has 2 heterocycles. The summed E-state index contributed by atoms with van der Waals surface area (Å²) < 4.78 is 2.09. The molecule has 0 saturated heterocycles. The van der Waals surface area contributed by atoms with Gasteiger partial charge in [0.2, 0.25) is 0 Å². The van der Waals surface area contributed by atoms with Gasteiger partial charge in [-0.15, -0.1) is 0 Å². The van der Waals surface area contributed by atoms with Crippen molar-refractivity contribution in [3.63, 3.8) is 0 Å². The van der Waals surface area contributed by atoms with Gasteiger partial charge in [-0.05, 0) is 27.7 Å². The third-order valence-electron chi connectivity index (χ3n) is 2.15. The van der Waals surface area contributed by atoms with Crippen LogP contribution >= 0.6 is 0 Å². The van der Waals surface area contributed by atoms with Crippen LogP contribution in [0.25, 0.3) is 11.2 Å². The standard InChI is InChI=1S/C10H14N4/c1-7-11-5-8-9(13-7)12-6-14(8)10(2,3)4/h5-6H,1-4H3. The van der Waals surface area contributed by atoms with Crippen LogP contribution in [-0.4, -0.2) is 19.5 Å². The Morgan fingerprint density at radius 1 is 1.21 bits per heavy atom. The highest BCUT2D eigenvalue weighted by Crippen LogP contribution is 2.19. The molecule has 2 rings (SSSR count). The van der Waals surface area contributed by atoms with Gasteiger partial charge in [0, 0.05) is 5.54 Å². The van der Waals surface area contributed by atoms with Crippen molar-refractivity contribution in [3.8, 4) is 0 Å². The van der Waals surface area contributed by atoms with Crippen LogP contribution in [0.3, 0.4) is 0 Å². The van der Waals surface area contributed by atoms with Crippen LogP contribution in [0.5, 0.6) is 0 Å². The second kappa shape index (κ2) is 2.77. The molecule has 74 valence electrons. The lowest BCUT2D eigenvalue weighted by Crippen LogP contribution is -2.20. The molecular weight excluding hydrogens is 176 g/mol. The summed E-state index contributed by atoms with van der Waals surface area (Å²) in [6.45, 7) is 8.27. The number of aryl methyl sites for hydroxylation is 1. The minimum atomic E-state index is 0.0212. The Labute approximate surface area is 83.0 Å². The maximum absolute atomic E-state index is 4.27. The number of hydrogen-bond acceptors (Lipinski definition) is 3. The first-order valence-corrected chi connectivity index (χ1v) is 4.65. The molecule has 0 bridgehead atoms. The highest BCUT2D eigenvalue weighted by atomic mass is 15.1. The normalized spacial score (nSPS) is 12.3. The van der Waals surface area contributed by atoms with Crippen molar-refractivity contribution in [2.45, 2.75) is 33.2 Å². The maximum atomic E-state index is 4.27. The fourth-order valence-corrected chi connectivity index (χ4v) is 1.43. The number of aromatic nitrogens is 4. The maximum Gasteiger partial charge on any atom is 0.181 e. The van der Waals surface area contributed by atoms with E-state index in [2.05, 4.69) is 40.3 Å². The SMILES string of the molecule is Cc1ncc2c(ncn2C(C)(C)C)n1. The lowest BCUT2D eigenvalue weighted by atomic mass is 10.1. The Bertz CT molecular complexity index is 464. The van der Waals surface area contributed by atoms with Crippen molar-refractivity contribution >= 4 is 11.2 Å². The van der Waals surface area contributed by atoms with Gasteiger partial charge in [0.15, 0.2) is 5.65 Å². The first-order valence-electron chi connectivity index (χ1n) is 4.65. The second-order valence-corrected chi connectivity index (χ2v) is 4.41. The predicted octanol–water partition coefficient (Wildman–Crippen LogP) is 1.89. The topological polar surface area (TPSA) is 43.6 Å². The molecule has 0 amide bonds. The summed E-state index contributed by atoms with van der Waals surface area (Å²) in [5.74, 6) is 0.761. The summed E-state index contributed by atoms with van der Waals surface area (Å²) in [4.78, 5) is 12.7. The molecule has 0 N–H and O–H groups in total. The predicted molar refractivity (Wildman–Crippen MR) is 55.1 cm³/mol. The van der Waals surface area contributed by atoms with E-state index in [0.717, 1.165) is 17.0 Å². The lowest BCUT2D eigenvalue weighted by Gasteiger charge is -2.21. The molecule has 0 aromatic carbocycles. The number of rotatable bonds is 0. The monoisotopic (exact) mass is 190 g/mol. The van der Waals surface area contributed by atoms with Gasteiger partial charge in [0.25, 0.3) is 0 Å². The zero-order valence-corrected chi connectivity index (χ0v) is 8.94. The van der Waals surface area contributed by atoms with Crippen LogP contribution in [0, 0.1) is 6.92 Å². The second-order valence-electron chi connectivity index (χ2n) is 4.41. The summed E-state index contributed by atoms with van der Waals surface area (Å²) in [6.07, 6.45) is 3.65. The molecule has 2 aromatic heterocycles. The van der Waals surface area contributed by atoms with Gasteiger partial charge >= 0.3 is 0 Å². The van der Waals surface area contributed by atoms with E-state index in [1.807, 2.05) is 19.4 Å². The number of imidazole rings is 1. The molecule has 4 heteroatoms. The van der Waals surface area contributed by atoms with Crippen LogP contribution in [0.1, 0.15) is 26.6 Å². The Morgan fingerprint density at radius 2 is 1.93 bits per heavy atom. The molecular formula is C10H14N4. The highest BCUT2D eigenvalue weighted by Gasteiger charge is 2.16. The van der Waals surface area contributed by atoms with Crippen molar-refractivity contribution in [2.24, 2.45) is 0 Å². The molecule has 0 spiro atoms. The lowest BCUT2D eigenvalue weighted by molar-refractivity contribution is 0.408. The van der Waals surface area contributed by atoms with Gasteiger partial charge in [0.1, 0.15) is 11.3 Å². The van der Waals surface area contributed by atoms with Crippen LogP contribution in [0.2, 0.25) is 0 Å². The molecule has 0 aliphatic carbocycles. The van der Waals surface area contributed by atoms with E-state index < -0.39 is 0 Å². The Kier molecular flexibility index (Phi) is 1.80. The van der Waals surface area contributed by atoms with Crippen LogP contribution < -0.4 is 0 Å². The molecule has 0 radical (unpaired) electrons. The molecule has 0 unspecified atom stereocenters. The Hall–Kier alpha value is -1.45. The summed E-state index contributed by atoms with van der Waals surface area (Å²) in [6, 6.07) is 0. The average molecular weight is 190 g/mol. The molecule has 2 aromatic rings. The zero-order valence-electron chi connectivity index (χ0n) is 8.94. The van der Waals surface area contributed by atoms with Gasteiger partial charge in [-0.25, -0.2) is 15.0 Å². The van der Waals surface area contributed by atoms with Gasteiger partial charge < -0.3 is 4.57 Å².